The third-order valence-electron chi connectivity index (χ3n) is 3.61. The Morgan fingerprint density at radius 1 is 1.04 bits per heavy atom. The molecule has 26 heavy (non-hydrogen) atoms. The van der Waals surface area contributed by atoms with E-state index in [2.05, 4.69) is 17.6 Å². The molecule has 0 unspecified atom stereocenters. The first-order chi connectivity index (χ1) is 12.5. The molecule has 0 saturated carbocycles. The van der Waals surface area contributed by atoms with Crippen LogP contribution in [-0.4, -0.2) is 28.8 Å². The third-order valence-corrected chi connectivity index (χ3v) is 4.03. The summed E-state index contributed by atoms with van der Waals surface area (Å²) >= 11 is 11.6. The zero-order valence-corrected chi connectivity index (χ0v) is 15.4. The molecule has 2 amide bonds. The fourth-order valence-electron chi connectivity index (χ4n) is 2.34. The topological polar surface area (TPSA) is 80.2 Å². The molecule has 2 rings (SSSR count). The van der Waals surface area contributed by atoms with E-state index in [1.165, 1.54) is 16.7 Å². The fraction of sp³-hybridized carbons (Fsp3) is 0.222. The van der Waals surface area contributed by atoms with Crippen molar-refractivity contribution in [3.8, 4) is 0 Å². The van der Waals surface area contributed by atoms with E-state index in [4.69, 9.17) is 23.2 Å². The molecule has 1 aromatic carbocycles. The minimum absolute atomic E-state index is 0.0600. The van der Waals surface area contributed by atoms with Gasteiger partial charge in [-0.05, 0) is 36.8 Å². The van der Waals surface area contributed by atoms with Gasteiger partial charge in [0, 0.05) is 30.5 Å². The van der Waals surface area contributed by atoms with Gasteiger partial charge in [-0.15, -0.1) is 11.6 Å². The van der Waals surface area contributed by atoms with E-state index in [-0.39, 0.29) is 36.8 Å². The van der Waals surface area contributed by atoms with Crippen LogP contribution in [0.25, 0.3) is 0 Å². The largest absolute Gasteiger partial charge is 0.351 e. The van der Waals surface area contributed by atoms with Crippen LogP contribution in [0.15, 0.2) is 41.2 Å². The molecular formula is C18H18Cl2N3O3. The number of nitrogens with zero attached hydrogens (tertiary/aromatic N) is 1. The van der Waals surface area contributed by atoms with Crippen molar-refractivity contribution in [3.63, 3.8) is 0 Å². The highest BCUT2D eigenvalue weighted by Crippen LogP contribution is 2.09. The summed E-state index contributed by atoms with van der Waals surface area (Å²) in [6.07, 6.45) is 0. The van der Waals surface area contributed by atoms with Crippen molar-refractivity contribution < 1.29 is 9.59 Å². The number of carbonyl (C=O) groups excluding carboxylic acids is 2. The summed E-state index contributed by atoms with van der Waals surface area (Å²) in [5.74, 6) is -0.854. The molecule has 0 fully saturated rings. The minimum atomic E-state index is -0.573. The van der Waals surface area contributed by atoms with Crippen molar-refractivity contribution in [2.45, 2.75) is 13.1 Å². The van der Waals surface area contributed by atoms with Crippen molar-refractivity contribution in [1.29, 1.82) is 0 Å². The SMILES string of the molecule is [CH2]CNC(=O)c1ccc(C(=O)NCc2ccc(Cl)cc2)c(=O)n1CCCl. The first-order valence-corrected chi connectivity index (χ1v) is 8.79. The van der Waals surface area contributed by atoms with Crippen LogP contribution in [0.1, 0.15) is 26.4 Å². The normalized spacial score (nSPS) is 10.4. The van der Waals surface area contributed by atoms with E-state index in [9.17, 15) is 14.4 Å². The Labute approximate surface area is 161 Å². The van der Waals surface area contributed by atoms with Gasteiger partial charge in [-0.3, -0.25) is 14.4 Å². The number of pyridine rings is 1. The van der Waals surface area contributed by atoms with E-state index in [0.717, 1.165) is 5.56 Å². The van der Waals surface area contributed by atoms with Crippen LogP contribution in [0.4, 0.5) is 0 Å². The molecule has 0 bridgehead atoms. The van der Waals surface area contributed by atoms with E-state index in [1.807, 2.05) is 0 Å². The van der Waals surface area contributed by atoms with Gasteiger partial charge in [-0.25, -0.2) is 0 Å². The summed E-state index contributed by atoms with van der Waals surface area (Å²) in [5.41, 5.74) is 0.343. The molecule has 0 atom stereocenters. The fourth-order valence-corrected chi connectivity index (χ4v) is 2.63. The van der Waals surface area contributed by atoms with Crippen molar-refractivity contribution in [3.05, 3.63) is 75.5 Å². The number of benzene rings is 1. The van der Waals surface area contributed by atoms with Gasteiger partial charge in [0.05, 0.1) is 0 Å². The van der Waals surface area contributed by atoms with Crippen LogP contribution >= 0.6 is 23.2 Å². The summed E-state index contributed by atoms with van der Waals surface area (Å²) in [7, 11) is 0. The van der Waals surface area contributed by atoms with Gasteiger partial charge in [0.2, 0.25) is 0 Å². The Morgan fingerprint density at radius 2 is 1.73 bits per heavy atom. The molecule has 0 aliphatic rings. The molecule has 6 nitrogen and oxygen atoms in total. The molecule has 1 heterocycles. The monoisotopic (exact) mass is 394 g/mol. The first-order valence-electron chi connectivity index (χ1n) is 7.87. The van der Waals surface area contributed by atoms with E-state index in [1.54, 1.807) is 24.3 Å². The molecule has 2 aromatic rings. The lowest BCUT2D eigenvalue weighted by Crippen LogP contribution is -2.37. The molecule has 1 radical (unpaired) electrons. The maximum absolute atomic E-state index is 12.6. The molecule has 0 saturated heterocycles. The highest BCUT2D eigenvalue weighted by Gasteiger charge is 2.18. The van der Waals surface area contributed by atoms with Crippen molar-refractivity contribution in [2.75, 3.05) is 12.4 Å². The second kappa shape index (κ2) is 9.40. The maximum atomic E-state index is 12.6. The van der Waals surface area contributed by atoms with Crippen LogP contribution in [0.5, 0.6) is 0 Å². The Balaban J connectivity index is 2.23. The summed E-state index contributed by atoms with van der Waals surface area (Å²) in [6.45, 7) is 4.07. The molecule has 8 heteroatoms. The van der Waals surface area contributed by atoms with E-state index in [0.29, 0.717) is 5.02 Å². The second-order valence-electron chi connectivity index (χ2n) is 5.34. The average Bonchev–Trinajstić information content (AvgIpc) is 2.63. The summed E-state index contributed by atoms with van der Waals surface area (Å²) in [4.78, 5) is 37.0. The molecule has 1 aromatic heterocycles. The lowest BCUT2D eigenvalue weighted by Gasteiger charge is -2.13. The zero-order chi connectivity index (χ0) is 19.1. The zero-order valence-electron chi connectivity index (χ0n) is 13.9. The molecule has 0 aliphatic carbocycles. The quantitative estimate of drug-likeness (QED) is 0.706. The van der Waals surface area contributed by atoms with Gasteiger partial charge in [0.15, 0.2) is 0 Å². The first kappa shape index (κ1) is 20.0. The van der Waals surface area contributed by atoms with Gasteiger partial charge < -0.3 is 15.2 Å². The highest BCUT2D eigenvalue weighted by atomic mass is 35.5. The van der Waals surface area contributed by atoms with Gasteiger partial charge >= 0.3 is 0 Å². The van der Waals surface area contributed by atoms with Gasteiger partial charge in [0.25, 0.3) is 17.4 Å². The number of hydrogen-bond acceptors (Lipinski definition) is 3. The van der Waals surface area contributed by atoms with E-state index < -0.39 is 17.4 Å². The number of rotatable bonds is 7. The maximum Gasteiger partial charge on any atom is 0.268 e. The standard InChI is InChI=1S/C18H18Cl2N3O3/c1-2-21-17(25)15-8-7-14(18(26)23(15)10-9-19)16(24)22-11-12-3-5-13(20)6-4-12/h3-8H,1-2,9-11H2,(H,21,25)(H,22,24). The van der Waals surface area contributed by atoms with Gasteiger partial charge in [0.1, 0.15) is 11.3 Å². The smallest absolute Gasteiger partial charge is 0.268 e. The third kappa shape index (κ3) is 4.86. The molecule has 0 spiro atoms. The lowest BCUT2D eigenvalue weighted by atomic mass is 10.2. The Hall–Kier alpha value is -2.31. The Kier molecular flexibility index (Phi) is 7.24. The number of alkyl halides is 1. The van der Waals surface area contributed by atoms with Crippen molar-refractivity contribution in [2.24, 2.45) is 0 Å². The molecule has 2 N–H and O–H groups in total. The highest BCUT2D eigenvalue weighted by molar-refractivity contribution is 6.30. The van der Waals surface area contributed by atoms with Crippen LogP contribution in [0.3, 0.4) is 0 Å². The number of hydrogen-bond donors (Lipinski definition) is 2. The second-order valence-corrected chi connectivity index (χ2v) is 6.16. The summed E-state index contributed by atoms with van der Waals surface area (Å²) in [5, 5.41) is 5.80. The molecule has 0 aliphatic heterocycles. The van der Waals surface area contributed by atoms with Crippen LogP contribution in [-0.2, 0) is 13.1 Å². The number of halogens is 2. The van der Waals surface area contributed by atoms with Gasteiger partial charge in [-0.1, -0.05) is 23.7 Å². The summed E-state index contributed by atoms with van der Waals surface area (Å²) in [6, 6.07) is 9.75. The van der Waals surface area contributed by atoms with E-state index >= 15 is 0 Å². The lowest BCUT2D eigenvalue weighted by molar-refractivity contribution is 0.0932. The van der Waals surface area contributed by atoms with Crippen molar-refractivity contribution >= 4 is 35.0 Å². The predicted octanol–water partition coefficient (Wildman–Crippen LogP) is 2.23. The molecular weight excluding hydrogens is 377 g/mol. The Bertz CT molecular complexity index is 848. The van der Waals surface area contributed by atoms with Gasteiger partial charge in [-0.2, -0.15) is 0 Å². The number of nitrogens with one attached hydrogen (secondary N) is 2. The number of amides is 2. The predicted molar refractivity (Wildman–Crippen MR) is 102 cm³/mol. The average molecular weight is 395 g/mol. The number of aromatic nitrogens is 1. The summed E-state index contributed by atoms with van der Waals surface area (Å²) < 4.78 is 1.19. The Morgan fingerprint density at radius 3 is 2.35 bits per heavy atom. The number of carbonyl (C=O) groups is 2. The van der Waals surface area contributed by atoms with Crippen LogP contribution < -0.4 is 16.2 Å². The minimum Gasteiger partial charge on any atom is -0.351 e. The van der Waals surface area contributed by atoms with Crippen LogP contribution in [0.2, 0.25) is 5.02 Å². The molecule has 137 valence electrons. The van der Waals surface area contributed by atoms with Crippen LogP contribution in [0, 0.1) is 6.92 Å². The van der Waals surface area contributed by atoms with Crippen molar-refractivity contribution in [1.82, 2.24) is 15.2 Å².